The molecule has 1 amide bonds. The lowest BCUT2D eigenvalue weighted by atomic mass is 9.88. The second-order valence-corrected chi connectivity index (χ2v) is 7.49. The standard InChI is InChI=1S/C21H30N4O2.ClH/c1-5-7-18(6-2)8-13-24-14-10-21(11-15-24)16-25(20(26)17(3)27-21)19-9-12-23(4)22-19;/h5-7,9,12,17H,1-2,8,10-11,13-16H2,3-4H3;1H/b18-7+;. The SMILES string of the molecule is C=C/C=C(\C=C)CCN1CCC2(CC1)CN(c1ccn(C)n1)C(=O)C(C)O2.Cl. The lowest BCUT2D eigenvalue weighted by Crippen LogP contribution is -2.61. The number of anilines is 1. The molecule has 6 nitrogen and oxygen atoms in total. The van der Waals surface area contributed by atoms with Crippen LogP contribution in [0.4, 0.5) is 5.82 Å². The van der Waals surface area contributed by atoms with Crippen molar-refractivity contribution in [3.63, 3.8) is 0 Å². The molecule has 154 valence electrons. The van der Waals surface area contributed by atoms with E-state index in [2.05, 4.69) is 23.2 Å². The number of morpholine rings is 1. The minimum atomic E-state index is -0.435. The van der Waals surface area contributed by atoms with Crippen molar-refractivity contribution in [1.82, 2.24) is 14.7 Å². The molecule has 2 aliphatic rings. The molecule has 0 radical (unpaired) electrons. The van der Waals surface area contributed by atoms with Crippen LogP contribution in [0.15, 0.2) is 49.2 Å². The zero-order valence-corrected chi connectivity index (χ0v) is 17.7. The number of rotatable bonds is 6. The van der Waals surface area contributed by atoms with Gasteiger partial charge in [-0.2, -0.15) is 5.10 Å². The molecule has 0 bridgehead atoms. The number of hydrogen-bond donors (Lipinski definition) is 0. The maximum absolute atomic E-state index is 12.6. The van der Waals surface area contributed by atoms with Gasteiger partial charge in [0.25, 0.3) is 5.91 Å². The third-order valence-corrected chi connectivity index (χ3v) is 5.54. The summed E-state index contributed by atoms with van der Waals surface area (Å²) in [6.07, 6.45) is 9.96. The number of carbonyl (C=O) groups is 1. The number of hydrogen-bond acceptors (Lipinski definition) is 4. The molecule has 0 aromatic carbocycles. The number of aromatic nitrogens is 2. The smallest absolute Gasteiger partial charge is 0.257 e. The second kappa shape index (κ2) is 9.54. The molecule has 28 heavy (non-hydrogen) atoms. The molecule has 0 saturated carbocycles. The molecule has 1 unspecified atom stereocenters. The lowest BCUT2D eigenvalue weighted by molar-refractivity contribution is -0.161. The minimum absolute atomic E-state index is 0. The predicted molar refractivity (Wildman–Crippen MR) is 115 cm³/mol. The van der Waals surface area contributed by atoms with Gasteiger partial charge in [-0.25, -0.2) is 0 Å². The Kier molecular flexibility index (Phi) is 7.63. The Morgan fingerprint density at radius 1 is 1.39 bits per heavy atom. The summed E-state index contributed by atoms with van der Waals surface area (Å²) in [5.41, 5.74) is 0.930. The van der Waals surface area contributed by atoms with Crippen molar-refractivity contribution in [3.05, 3.63) is 49.2 Å². The maximum atomic E-state index is 12.6. The molecule has 1 aromatic rings. The highest BCUT2D eigenvalue weighted by Gasteiger charge is 2.46. The number of halogens is 1. The number of carbonyl (C=O) groups excluding carboxylic acids is 1. The molecule has 1 spiro atoms. The lowest BCUT2D eigenvalue weighted by Gasteiger charge is -2.48. The summed E-state index contributed by atoms with van der Waals surface area (Å²) >= 11 is 0. The molecule has 1 aromatic heterocycles. The Balaban J connectivity index is 0.00000280. The van der Waals surface area contributed by atoms with Crippen molar-refractivity contribution in [2.24, 2.45) is 7.05 Å². The van der Waals surface area contributed by atoms with Crippen LogP contribution >= 0.6 is 12.4 Å². The fraction of sp³-hybridized carbons (Fsp3) is 0.524. The third-order valence-electron chi connectivity index (χ3n) is 5.54. The first-order valence-corrected chi connectivity index (χ1v) is 9.61. The average molecular weight is 407 g/mol. The number of ether oxygens (including phenoxy) is 1. The quantitative estimate of drug-likeness (QED) is 0.681. The van der Waals surface area contributed by atoms with E-state index in [0.29, 0.717) is 12.4 Å². The largest absolute Gasteiger partial charge is 0.360 e. The van der Waals surface area contributed by atoms with E-state index < -0.39 is 6.10 Å². The van der Waals surface area contributed by atoms with E-state index in [1.807, 2.05) is 44.5 Å². The van der Waals surface area contributed by atoms with Gasteiger partial charge in [-0.05, 0) is 31.8 Å². The Labute approximate surface area is 173 Å². The fourth-order valence-electron chi connectivity index (χ4n) is 3.94. The van der Waals surface area contributed by atoms with Crippen molar-refractivity contribution >= 4 is 24.1 Å². The van der Waals surface area contributed by atoms with Gasteiger partial charge in [0.2, 0.25) is 0 Å². The number of piperidine rings is 1. The summed E-state index contributed by atoms with van der Waals surface area (Å²) in [5, 5.41) is 4.42. The van der Waals surface area contributed by atoms with Crippen LogP contribution in [-0.2, 0) is 16.6 Å². The van der Waals surface area contributed by atoms with E-state index in [1.165, 1.54) is 5.57 Å². The van der Waals surface area contributed by atoms with Gasteiger partial charge < -0.3 is 9.64 Å². The zero-order valence-electron chi connectivity index (χ0n) is 16.8. The molecule has 2 aliphatic heterocycles. The monoisotopic (exact) mass is 406 g/mol. The molecular formula is C21H31ClN4O2. The van der Waals surface area contributed by atoms with Crippen LogP contribution in [-0.4, -0.2) is 58.5 Å². The van der Waals surface area contributed by atoms with Crippen LogP contribution in [0.3, 0.4) is 0 Å². The molecule has 3 heterocycles. The molecule has 1 atom stereocenters. The van der Waals surface area contributed by atoms with E-state index in [1.54, 1.807) is 9.58 Å². The van der Waals surface area contributed by atoms with Crippen molar-refractivity contribution in [1.29, 1.82) is 0 Å². The summed E-state index contributed by atoms with van der Waals surface area (Å²) < 4.78 is 7.95. The van der Waals surface area contributed by atoms with Gasteiger partial charge in [-0.3, -0.25) is 14.4 Å². The van der Waals surface area contributed by atoms with Gasteiger partial charge in [0.05, 0.1) is 12.1 Å². The van der Waals surface area contributed by atoms with Crippen LogP contribution in [0.5, 0.6) is 0 Å². The summed E-state index contributed by atoms with van der Waals surface area (Å²) in [5.74, 6) is 0.705. The maximum Gasteiger partial charge on any atom is 0.257 e. The van der Waals surface area contributed by atoms with Crippen LogP contribution in [0.25, 0.3) is 0 Å². The zero-order chi connectivity index (χ0) is 19.4. The van der Waals surface area contributed by atoms with Gasteiger partial charge in [0.15, 0.2) is 5.82 Å². The van der Waals surface area contributed by atoms with E-state index in [4.69, 9.17) is 4.74 Å². The van der Waals surface area contributed by atoms with Crippen LogP contribution < -0.4 is 4.90 Å². The first-order chi connectivity index (χ1) is 13.0. The average Bonchev–Trinajstić information content (AvgIpc) is 3.09. The van der Waals surface area contributed by atoms with Crippen LogP contribution in [0.2, 0.25) is 0 Å². The van der Waals surface area contributed by atoms with Crippen LogP contribution in [0, 0.1) is 0 Å². The highest BCUT2D eigenvalue weighted by atomic mass is 35.5. The van der Waals surface area contributed by atoms with E-state index in [9.17, 15) is 4.79 Å². The Hall–Kier alpha value is -1.89. The van der Waals surface area contributed by atoms with Crippen LogP contribution in [0.1, 0.15) is 26.2 Å². The summed E-state index contributed by atoms with van der Waals surface area (Å²) in [6.45, 7) is 13.0. The topological polar surface area (TPSA) is 50.6 Å². The van der Waals surface area contributed by atoms with Crippen molar-refractivity contribution in [2.45, 2.75) is 37.9 Å². The first kappa shape index (κ1) is 22.4. The molecule has 0 N–H and O–H groups in total. The molecule has 0 aliphatic carbocycles. The normalized spacial score (nSPS) is 22.8. The molecule has 2 saturated heterocycles. The summed E-state index contributed by atoms with van der Waals surface area (Å²) in [6, 6.07) is 1.89. The Morgan fingerprint density at radius 2 is 2.11 bits per heavy atom. The number of aryl methyl sites for hydroxylation is 1. The van der Waals surface area contributed by atoms with Gasteiger partial charge >= 0.3 is 0 Å². The molecule has 2 fully saturated rings. The number of amides is 1. The van der Waals surface area contributed by atoms with Gasteiger partial charge in [0.1, 0.15) is 6.10 Å². The van der Waals surface area contributed by atoms with Crippen molar-refractivity contribution < 1.29 is 9.53 Å². The second-order valence-electron chi connectivity index (χ2n) is 7.49. The Morgan fingerprint density at radius 3 is 2.68 bits per heavy atom. The van der Waals surface area contributed by atoms with Crippen molar-refractivity contribution in [3.8, 4) is 0 Å². The van der Waals surface area contributed by atoms with E-state index in [-0.39, 0.29) is 23.9 Å². The highest BCUT2D eigenvalue weighted by Crippen LogP contribution is 2.34. The molecular weight excluding hydrogens is 376 g/mol. The summed E-state index contributed by atoms with van der Waals surface area (Å²) in [7, 11) is 1.87. The fourth-order valence-corrected chi connectivity index (χ4v) is 3.94. The predicted octanol–water partition coefficient (Wildman–Crippen LogP) is 3.12. The Bertz CT molecular complexity index is 735. The van der Waals surface area contributed by atoms with Gasteiger partial charge in [-0.15, -0.1) is 12.4 Å². The number of nitrogens with zero attached hydrogens (tertiary/aromatic N) is 4. The molecule has 7 heteroatoms. The minimum Gasteiger partial charge on any atom is -0.360 e. The third kappa shape index (κ3) is 4.93. The highest BCUT2D eigenvalue weighted by molar-refractivity contribution is 5.96. The van der Waals surface area contributed by atoms with E-state index >= 15 is 0 Å². The first-order valence-electron chi connectivity index (χ1n) is 9.61. The van der Waals surface area contributed by atoms with Gasteiger partial charge in [0, 0.05) is 38.9 Å². The number of likely N-dealkylation sites (tertiary alicyclic amines) is 1. The van der Waals surface area contributed by atoms with E-state index in [0.717, 1.165) is 38.9 Å². The number of allylic oxidation sites excluding steroid dienone is 3. The van der Waals surface area contributed by atoms with Crippen molar-refractivity contribution in [2.75, 3.05) is 31.1 Å². The van der Waals surface area contributed by atoms with Gasteiger partial charge in [-0.1, -0.05) is 31.4 Å². The summed E-state index contributed by atoms with van der Waals surface area (Å²) in [4.78, 5) is 16.9. The molecule has 3 rings (SSSR count).